The molecule has 5 aromatic rings. The van der Waals surface area contributed by atoms with Gasteiger partial charge in [0.25, 0.3) is 5.91 Å². The molecule has 0 unspecified atom stereocenters. The number of aliphatic hydroxyl groups excluding tert-OH is 1. The quantitative estimate of drug-likeness (QED) is 0.172. The van der Waals surface area contributed by atoms with Gasteiger partial charge in [0.15, 0.2) is 11.4 Å². The Morgan fingerprint density at radius 2 is 1.64 bits per heavy atom. The van der Waals surface area contributed by atoms with Crippen molar-refractivity contribution in [3.8, 4) is 11.1 Å². The maximum atomic E-state index is 12.5. The number of amides is 1. The molecule has 8 nitrogen and oxygen atoms in total. The molecule has 1 amide bonds. The number of benzene rings is 4. The molecule has 1 aromatic heterocycles. The van der Waals surface area contributed by atoms with Crippen molar-refractivity contribution in [2.45, 2.75) is 43.7 Å². The van der Waals surface area contributed by atoms with E-state index < -0.39 is 6.29 Å². The van der Waals surface area contributed by atoms with E-state index in [-0.39, 0.29) is 30.6 Å². The zero-order valence-electron chi connectivity index (χ0n) is 25.2. The predicted octanol–water partition coefficient (Wildman–Crippen LogP) is 6.49. The van der Waals surface area contributed by atoms with E-state index in [4.69, 9.17) is 9.47 Å². The molecule has 2 heterocycles. The lowest BCUT2D eigenvalue weighted by Gasteiger charge is -2.41. The third kappa shape index (κ3) is 7.34. The van der Waals surface area contributed by atoms with E-state index in [9.17, 15) is 9.90 Å². The van der Waals surface area contributed by atoms with Gasteiger partial charge in [-0.2, -0.15) is 0 Å². The summed E-state index contributed by atoms with van der Waals surface area (Å²) >= 11 is 1.62. The predicted molar refractivity (Wildman–Crippen MR) is 174 cm³/mol. The Balaban J connectivity index is 1.18. The van der Waals surface area contributed by atoms with Crippen LogP contribution < -0.4 is 5.32 Å². The minimum absolute atomic E-state index is 0.00163. The Morgan fingerprint density at radius 3 is 2.36 bits per heavy atom. The van der Waals surface area contributed by atoms with Crippen LogP contribution in [0, 0.1) is 5.92 Å². The molecule has 1 aliphatic rings. The molecular formula is C36H36N4O4S. The van der Waals surface area contributed by atoms with Crippen molar-refractivity contribution in [3.05, 3.63) is 137 Å². The average molecular weight is 621 g/mol. The number of rotatable bonds is 10. The largest absolute Gasteiger partial charge is 0.392 e. The summed E-state index contributed by atoms with van der Waals surface area (Å²) in [6.45, 7) is 2.60. The van der Waals surface area contributed by atoms with Gasteiger partial charge in [-0.3, -0.25) is 4.79 Å². The smallest absolute Gasteiger partial charge is 0.251 e. The van der Waals surface area contributed by atoms with Crippen molar-refractivity contribution < 1.29 is 19.4 Å². The van der Waals surface area contributed by atoms with Crippen molar-refractivity contribution in [2.24, 2.45) is 13.0 Å². The van der Waals surface area contributed by atoms with E-state index in [1.807, 2.05) is 78.3 Å². The van der Waals surface area contributed by atoms with Crippen molar-refractivity contribution >= 4 is 17.7 Å². The third-order valence-corrected chi connectivity index (χ3v) is 9.23. The van der Waals surface area contributed by atoms with Crippen LogP contribution in [0.2, 0.25) is 0 Å². The summed E-state index contributed by atoms with van der Waals surface area (Å²) in [6.07, 6.45) is 0.852. The zero-order chi connectivity index (χ0) is 31.2. The van der Waals surface area contributed by atoms with Gasteiger partial charge in [-0.05, 0) is 46.0 Å². The lowest BCUT2D eigenvalue weighted by molar-refractivity contribution is -0.268. The molecule has 0 radical (unpaired) electrons. The summed E-state index contributed by atoms with van der Waals surface area (Å²) in [5, 5.41) is 21.6. The first-order chi connectivity index (χ1) is 22.0. The number of carbonyl (C=O) groups is 1. The van der Waals surface area contributed by atoms with Crippen LogP contribution in [0.3, 0.4) is 0 Å². The van der Waals surface area contributed by atoms with Gasteiger partial charge in [-0.1, -0.05) is 104 Å². The SMILES string of the molecule is C[C@@H]1[C@H](CSc2nncn2C)O[C@H](c2ccc(-c3cccc(CNC(=O)c4ccccc4)c3)cc2)O[C@@H]1c1ccc(CO)cc1. The van der Waals surface area contributed by atoms with Gasteiger partial charge in [-0.25, -0.2) is 0 Å². The first-order valence-corrected chi connectivity index (χ1v) is 16.0. The second kappa shape index (κ2) is 14.2. The highest BCUT2D eigenvalue weighted by molar-refractivity contribution is 7.99. The number of aliphatic hydroxyl groups is 1. The number of hydrogen-bond acceptors (Lipinski definition) is 7. The Labute approximate surface area is 267 Å². The van der Waals surface area contributed by atoms with E-state index in [1.165, 1.54) is 0 Å². The second-order valence-corrected chi connectivity index (χ2v) is 12.2. The zero-order valence-corrected chi connectivity index (χ0v) is 26.1. The first kappa shape index (κ1) is 30.7. The molecule has 230 valence electrons. The van der Waals surface area contributed by atoms with Gasteiger partial charge in [0.2, 0.25) is 0 Å². The fourth-order valence-electron chi connectivity index (χ4n) is 5.44. The van der Waals surface area contributed by atoms with Gasteiger partial charge in [-0.15, -0.1) is 10.2 Å². The molecule has 4 atom stereocenters. The number of hydrogen-bond donors (Lipinski definition) is 2. The summed E-state index contributed by atoms with van der Waals surface area (Å²) in [6, 6.07) is 33.6. The number of thioether (sulfide) groups is 1. The van der Waals surface area contributed by atoms with E-state index >= 15 is 0 Å². The summed E-state index contributed by atoms with van der Waals surface area (Å²) in [7, 11) is 1.93. The van der Waals surface area contributed by atoms with Crippen LogP contribution in [-0.2, 0) is 29.7 Å². The van der Waals surface area contributed by atoms with Crippen LogP contribution in [0.5, 0.6) is 0 Å². The highest BCUT2D eigenvalue weighted by Gasteiger charge is 2.38. The molecule has 4 aromatic carbocycles. The van der Waals surface area contributed by atoms with Crippen LogP contribution in [-0.4, -0.2) is 37.6 Å². The normalized spacial score (nSPS) is 19.7. The number of carbonyl (C=O) groups excluding carboxylic acids is 1. The van der Waals surface area contributed by atoms with Crippen molar-refractivity contribution in [1.29, 1.82) is 0 Å². The molecule has 6 rings (SSSR count). The monoisotopic (exact) mass is 620 g/mol. The van der Waals surface area contributed by atoms with Crippen molar-refractivity contribution in [2.75, 3.05) is 5.75 Å². The summed E-state index contributed by atoms with van der Waals surface area (Å²) in [5.74, 6) is 0.680. The molecule has 1 fully saturated rings. The van der Waals surface area contributed by atoms with Gasteiger partial charge in [0, 0.05) is 36.4 Å². The topological polar surface area (TPSA) is 98.5 Å². The van der Waals surface area contributed by atoms with E-state index in [2.05, 4.69) is 58.8 Å². The first-order valence-electron chi connectivity index (χ1n) is 15.0. The lowest BCUT2D eigenvalue weighted by Crippen LogP contribution is -2.38. The number of aromatic nitrogens is 3. The Kier molecular flexibility index (Phi) is 9.71. The molecule has 0 spiro atoms. The minimum Gasteiger partial charge on any atom is -0.392 e. The standard InChI is InChI=1S/C36H36N4O4S/c1-24-32(22-45-36-39-38-23-40(36)2)43-35(44-33(24)28-13-11-25(21-41)12-14-28)30-17-15-27(16-18-30)31-10-6-7-26(19-31)20-37-34(42)29-8-4-3-5-9-29/h3-19,23-24,32-33,35,41H,20-22H2,1-2H3,(H,37,42)/t24-,32+,33+,35+/m1/s1. The fourth-order valence-corrected chi connectivity index (χ4v) is 6.49. The molecule has 2 N–H and O–H groups in total. The Bertz CT molecular complexity index is 1710. The lowest BCUT2D eigenvalue weighted by atomic mass is 9.91. The van der Waals surface area contributed by atoms with Crippen molar-refractivity contribution in [1.82, 2.24) is 20.1 Å². The number of aryl methyl sites for hydroxylation is 1. The van der Waals surface area contributed by atoms with E-state index in [1.54, 1.807) is 18.1 Å². The number of nitrogens with zero attached hydrogens (tertiary/aromatic N) is 3. The molecule has 0 bridgehead atoms. The van der Waals surface area contributed by atoms with Crippen LogP contribution in [0.4, 0.5) is 0 Å². The molecule has 0 saturated carbocycles. The average Bonchev–Trinajstić information content (AvgIpc) is 3.51. The molecule has 9 heteroatoms. The summed E-state index contributed by atoms with van der Waals surface area (Å²) in [4.78, 5) is 12.5. The fraction of sp³-hybridized carbons (Fsp3) is 0.250. The van der Waals surface area contributed by atoms with Crippen LogP contribution in [0.1, 0.15) is 51.9 Å². The van der Waals surface area contributed by atoms with Crippen LogP contribution >= 0.6 is 11.8 Å². The Hall–Kier alpha value is -4.28. The maximum absolute atomic E-state index is 12.5. The molecule has 0 aliphatic carbocycles. The minimum atomic E-state index is -0.553. The van der Waals surface area contributed by atoms with Gasteiger partial charge in [0.05, 0.1) is 18.8 Å². The molecule has 45 heavy (non-hydrogen) atoms. The number of ether oxygens (including phenoxy) is 2. The maximum Gasteiger partial charge on any atom is 0.251 e. The van der Waals surface area contributed by atoms with E-state index in [0.29, 0.717) is 17.9 Å². The van der Waals surface area contributed by atoms with Crippen LogP contribution in [0.15, 0.2) is 115 Å². The highest BCUT2D eigenvalue weighted by atomic mass is 32.2. The van der Waals surface area contributed by atoms with Gasteiger partial charge < -0.3 is 24.5 Å². The van der Waals surface area contributed by atoms with Crippen molar-refractivity contribution in [3.63, 3.8) is 0 Å². The molecular weight excluding hydrogens is 584 g/mol. The Morgan fingerprint density at radius 1 is 0.889 bits per heavy atom. The van der Waals surface area contributed by atoms with E-state index in [0.717, 1.165) is 38.5 Å². The second-order valence-electron chi connectivity index (χ2n) is 11.2. The summed E-state index contributed by atoms with van der Waals surface area (Å²) < 4.78 is 15.1. The summed E-state index contributed by atoms with van der Waals surface area (Å²) in [5.41, 5.74) is 6.63. The van der Waals surface area contributed by atoms with Gasteiger partial charge in [0.1, 0.15) is 6.33 Å². The highest BCUT2D eigenvalue weighted by Crippen LogP contribution is 2.43. The van der Waals surface area contributed by atoms with Gasteiger partial charge >= 0.3 is 0 Å². The molecule has 1 aliphatic heterocycles. The number of nitrogens with one attached hydrogen (secondary N) is 1. The molecule has 1 saturated heterocycles. The third-order valence-electron chi connectivity index (χ3n) is 8.10. The van der Waals surface area contributed by atoms with Crippen LogP contribution in [0.25, 0.3) is 11.1 Å².